The monoisotopic (exact) mass is 692 g/mol. The minimum atomic E-state index is -0.0500. The number of allylic oxidation sites excluding steroid dienone is 5. The molecule has 0 saturated carbocycles. The van der Waals surface area contributed by atoms with Crippen LogP contribution in [-0.2, 0) is 17.3 Å². The van der Waals surface area contributed by atoms with Gasteiger partial charge in [0.1, 0.15) is 5.01 Å². The van der Waals surface area contributed by atoms with Crippen molar-refractivity contribution in [1.29, 1.82) is 0 Å². The van der Waals surface area contributed by atoms with Crippen molar-refractivity contribution in [3.63, 3.8) is 0 Å². The summed E-state index contributed by atoms with van der Waals surface area (Å²) in [6, 6.07) is 44.4. The van der Waals surface area contributed by atoms with Crippen LogP contribution in [0.4, 0.5) is 5.69 Å². The highest BCUT2D eigenvalue weighted by atomic mass is 32.1. The number of thiazole rings is 1. The fourth-order valence-electron chi connectivity index (χ4n) is 8.62. The van der Waals surface area contributed by atoms with Gasteiger partial charge < -0.3 is 4.90 Å². The minimum Gasteiger partial charge on any atom is -0.334 e. The molecule has 256 valence electrons. The Morgan fingerprint density at radius 2 is 1.42 bits per heavy atom. The molecule has 3 aliphatic rings. The van der Waals surface area contributed by atoms with Crippen LogP contribution in [0.25, 0.3) is 37.5 Å². The molecule has 1 aromatic heterocycles. The van der Waals surface area contributed by atoms with Crippen LogP contribution >= 0.6 is 11.3 Å². The summed E-state index contributed by atoms with van der Waals surface area (Å²) >= 11 is 1.78. The van der Waals surface area contributed by atoms with Gasteiger partial charge in [0.15, 0.2) is 0 Å². The van der Waals surface area contributed by atoms with E-state index in [2.05, 4.69) is 184 Å². The second-order valence-corrected chi connectivity index (χ2v) is 16.7. The number of benzene rings is 5. The van der Waals surface area contributed by atoms with E-state index in [0.29, 0.717) is 0 Å². The molecule has 1 unspecified atom stereocenters. The van der Waals surface area contributed by atoms with Gasteiger partial charge in [-0.3, -0.25) is 0 Å². The average Bonchev–Trinajstić information content (AvgIpc) is 3.71. The van der Waals surface area contributed by atoms with Gasteiger partial charge in [0, 0.05) is 22.4 Å². The van der Waals surface area contributed by atoms with Crippen molar-refractivity contribution in [2.75, 3.05) is 4.90 Å². The summed E-state index contributed by atoms with van der Waals surface area (Å²) in [5.41, 5.74) is 15.6. The Morgan fingerprint density at radius 3 is 2.25 bits per heavy atom. The number of rotatable bonds is 5. The first-order valence-electron chi connectivity index (χ1n) is 18.6. The highest BCUT2D eigenvalue weighted by molar-refractivity contribution is 7.21. The Balaban J connectivity index is 1.12. The number of anilines is 1. The topological polar surface area (TPSA) is 16.1 Å². The van der Waals surface area contributed by atoms with Crippen LogP contribution in [0.3, 0.4) is 0 Å². The van der Waals surface area contributed by atoms with Gasteiger partial charge in [-0.05, 0) is 93.5 Å². The van der Waals surface area contributed by atoms with E-state index in [-0.39, 0.29) is 16.9 Å². The third kappa shape index (κ3) is 5.68. The van der Waals surface area contributed by atoms with Crippen LogP contribution < -0.4 is 4.90 Å². The molecule has 0 saturated heterocycles. The van der Waals surface area contributed by atoms with Gasteiger partial charge in [-0.2, -0.15) is 0 Å². The molecular weight excluding hydrogens is 649 g/mol. The summed E-state index contributed by atoms with van der Waals surface area (Å²) < 4.78 is 1.21. The first-order chi connectivity index (χ1) is 25.3. The lowest BCUT2D eigenvalue weighted by atomic mass is 9.78. The van der Waals surface area contributed by atoms with Crippen LogP contribution in [0.5, 0.6) is 0 Å². The fraction of sp³-hybridized carbons (Fsp3) is 0.204. The zero-order valence-corrected chi connectivity index (χ0v) is 31.3. The van der Waals surface area contributed by atoms with Gasteiger partial charge in [-0.25, -0.2) is 4.98 Å². The Kier molecular flexibility index (Phi) is 8.01. The molecule has 3 aliphatic carbocycles. The molecule has 0 fully saturated rings. The van der Waals surface area contributed by atoms with Crippen LogP contribution in [0, 0.1) is 0 Å². The summed E-state index contributed by atoms with van der Waals surface area (Å²) in [7, 11) is 0. The Hall–Kier alpha value is -5.25. The number of hydrogen-bond donors (Lipinski definition) is 0. The summed E-state index contributed by atoms with van der Waals surface area (Å²) in [6.07, 6.45) is 15.1. The van der Waals surface area contributed by atoms with E-state index in [0.717, 1.165) is 35.4 Å². The molecule has 52 heavy (non-hydrogen) atoms. The number of fused-ring (bicyclic) bond motifs is 5. The van der Waals surface area contributed by atoms with Gasteiger partial charge in [0.2, 0.25) is 0 Å². The Labute approximate surface area is 312 Å². The van der Waals surface area contributed by atoms with E-state index in [9.17, 15) is 0 Å². The second kappa shape index (κ2) is 12.8. The van der Waals surface area contributed by atoms with E-state index < -0.39 is 0 Å². The summed E-state index contributed by atoms with van der Waals surface area (Å²) in [4.78, 5) is 7.73. The summed E-state index contributed by atoms with van der Waals surface area (Å²) in [5, 5.41) is 1.05. The van der Waals surface area contributed by atoms with Crippen LogP contribution in [0.2, 0.25) is 0 Å². The molecule has 0 N–H and O–H groups in total. The number of nitrogens with zero attached hydrogens (tertiary/aromatic N) is 2. The number of hydrogen-bond acceptors (Lipinski definition) is 3. The van der Waals surface area contributed by atoms with Crippen LogP contribution in [0.1, 0.15) is 62.8 Å². The van der Waals surface area contributed by atoms with E-state index in [1.54, 1.807) is 11.3 Å². The predicted molar refractivity (Wildman–Crippen MR) is 222 cm³/mol. The van der Waals surface area contributed by atoms with Crippen molar-refractivity contribution in [3.05, 3.63) is 185 Å². The molecular formula is C49H44N2S. The maximum absolute atomic E-state index is 5.13. The highest BCUT2D eigenvalue weighted by Crippen LogP contribution is 2.52. The minimum absolute atomic E-state index is 0.0132. The third-order valence-electron chi connectivity index (χ3n) is 11.5. The molecule has 2 nitrogen and oxygen atoms in total. The summed E-state index contributed by atoms with van der Waals surface area (Å²) in [5.74, 6) is 0. The van der Waals surface area contributed by atoms with Gasteiger partial charge >= 0.3 is 0 Å². The molecule has 0 aliphatic heterocycles. The van der Waals surface area contributed by atoms with Crippen molar-refractivity contribution in [2.24, 2.45) is 0 Å². The standard InChI is InChI=1S/C49H44N2S/c1-48(2)30-29-37(17-12-16-35-15-8-10-19-42(35)48)51(38-25-27-41-40-18-9-11-20-43(40)49(3,4)44(41)31-38)39-26-28-45-46(32-39)52-47(50-45)36-23-21-34(22-24-36)33-13-6-5-7-14-33/h5-15,17-24,26-29,31-32,38H,16,25,30H2,1-4H3/b17-12-,37-29+. The smallest absolute Gasteiger partial charge is 0.124 e. The van der Waals surface area contributed by atoms with E-state index >= 15 is 0 Å². The summed E-state index contributed by atoms with van der Waals surface area (Å²) in [6.45, 7) is 9.56. The Bertz CT molecular complexity index is 2440. The third-order valence-corrected chi connectivity index (χ3v) is 12.5. The van der Waals surface area contributed by atoms with Gasteiger partial charge in [-0.1, -0.05) is 155 Å². The SMILES string of the molecule is CC1(C)C/C=C(N(c2ccc3nc(-c4ccc(-c5ccccc5)cc4)sc3c2)C2C=C3C(=CC2)c2ccccc2C3(C)C)\C=C/Cc2ccccc21. The normalized spacial score (nSPS) is 20.2. The largest absolute Gasteiger partial charge is 0.334 e. The molecule has 1 heterocycles. The van der Waals surface area contributed by atoms with Crippen molar-refractivity contribution < 1.29 is 0 Å². The van der Waals surface area contributed by atoms with Crippen LogP contribution in [0.15, 0.2) is 163 Å². The molecule has 6 aromatic rings. The van der Waals surface area contributed by atoms with Crippen molar-refractivity contribution in [2.45, 2.75) is 63.8 Å². The highest BCUT2D eigenvalue weighted by Gasteiger charge is 2.40. The first kappa shape index (κ1) is 32.6. The molecule has 1 atom stereocenters. The maximum Gasteiger partial charge on any atom is 0.124 e. The van der Waals surface area contributed by atoms with E-state index in [1.807, 2.05) is 0 Å². The number of aromatic nitrogens is 1. The second-order valence-electron chi connectivity index (χ2n) is 15.6. The molecule has 0 spiro atoms. The molecule has 0 radical (unpaired) electrons. The van der Waals surface area contributed by atoms with Crippen molar-refractivity contribution >= 4 is 32.8 Å². The average molecular weight is 693 g/mol. The molecule has 5 aromatic carbocycles. The van der Waals surface area contributed by atoms with E-state index in [1.165, 1.54) is 60.6 Å². The maximum atomic E-state index is 5.13. The lowest BCUT2D eigenvalue weighted by Gasteiger charge is -2.37. The Morgan fingerprint density at radius 1 is 0.712 bits per heavy atom. The zero-order chi connectivity index (χ0) is 35.5. The lowest BCUT2D eigenvalue weighted by Crippen LogP contribution is -2.35. The molecule has 0 bridgehead atoms. The molecule has 0 amide bonds. The van der Waals surface area contributed by atoms with Crippen molar-refractivity contribution in [1.82, 2.24) is 4.98 Å². The van der Waals surface area contributed by atoms with Gasteiger partial charge in [0.05, 0.1) is 16.3 Å². The predicted octanol–water partition coefficient (Wildman–Crippen LogP) is 12.9. The fourth-order valence-corrected chi connectivity index (χ4v) is 9.63. The van der Waals surface area contributed by atoms with Gasteiger partial charge in [0.25, 0.3) is 0 Å². The zero-order valence-electron chi connectivity index (χ0n) is 30.4. The van der Waals surface area contributed by atoms with Gasteiger partial charge in [-0.15, -0.1) is 11.3 Å². The van der Waals surface area contributed by atoms with Crippen molar-refractivity contribution in [3.8, 4) is 21.7 Å². The van der Waals surface area contributed by atoms with Crippen LogP contribution in [-0.4, -0.2) is 11.0 Å². The van der Waals surface area contributed by atoms with E-state index in [4.69, 9.17) is 4.98 Å². The lowest BCUT2D eigenvalue weighted by molar-refractivity contribution is 0.528. The molecule has 9 rings (SSSR count). The molecule has 3 heteroatoms. The first-order valence-corrected chi connectivity index (χ1v) is 19.4. The quantitative estimate of drug-likeness (QED) is 0.179.